The molecule has 118 valence electrons. The van der Waals surface area contributed by atoms with Crippen LogP contribution >= 0.6 is 0 Å². The van der Waals surface area contributed by atoms with Crippen molar-refractivity contribution in [2.45, 2.75) is 26.9 Å². The van der Waals surface area contributed by atoms with Crippen LogP contribution in [-0.2, 0) is 9.53 Å². The van der Waals surface area contributed by atoms with Gasteiger partial charge in [-0.05, 0) is 19.1 Å². The van der Waals surface area contributed by atoms with Crippen molar-refractivity contribution >= 4 is 17.8 Å². The van der Waals surface area contributed by atoms with Gasteiger partial charge < -0.3 is 9.84 Å². The number of carbonyl (C=O) groups is 3. The highest BCUT2D eigenvalue weighted by atomic mass is 16.5. The smallest absolute Gasteiger partial charge is 0.335 e. The second kappa shape index (κ2) is 5.88. The first-order chi connectivity index (χ1) is 10.3. The fourth-order valence-electron chi connectivity index (χ4n) is 2.42. The summed E-state index contributed by atoms with van der Waals surface area (Å²) in [6.45, 7) is 4.94. The summed E-state index contributed by atoms with van der Waals surface area (Å²) in [5.41, 5.74) is -0.331. The third-order valence-corrected chi connectivity index (χ3v) is 3.69. The number of esters is 1. The van der Waals surface area contributed by atoms with Crippen molar-refractivity contribution in [1.29, 1.82) is 0 Å². The van der Waals surface area contributed by atoms with Crippen LogP contribution in [0.5, 0.6) is 0 Å². The van der Waals surface area contributed by atoms with Gasteiger partial charge in [0.25, 0.3) is 11.8 Å². The average molecular weight is 305 g/mol. The van der Waals surface area contributed by atoms with Crippen LogP contribution in [0, 0.1) is 5.41 Å². The molecule has 6 nitrogen and oxygen atoms in total. The SMILES string of the molecule is CCOC(=O)[C@@H](O)C(C)(C)CN1C(=O)c2ccccc2C1=O. The van der Waals surface area contributed by atoms with E-state index in [1.807, 2.05) is 0 Å². The third-order valence-electron chi connectivity index (χ3n) is 3.69. The van der Waals surface area contributed by atoms with E-state index in [2.05, 4.69) is 0 Å². The van der Waals surface area contributed by atoms with Crippen molar-refractivity contribution < 1.29 is 24.2 Å². The van der Waals surface area contributed by atoms with Gasteiger partial charge >= 0.3 is 5.97 Å². The zero-order chi connectivity index (χ0) is 16.5. The Kier molecular flexibility index (Phi) is 4.32. The molecule has 0 bridgehead atoms. The van der Waals surface area contributed by atoms with Crippen molar-refractivity contribution in [3.8, 4) is 0 Å². The van der Waals surface area contributed by atoms with Gasteiger partial charge in [-0.25, -0.2) is 4.79 Å². The number of carbonyl (C=O) groups excluding carboxylic acids is 3. The molecule has 0 spiro atoms. The molecule has 1 aromatic carbocycles. The van der Waals surface area contributed by atoms with Crippen LogP contribution < -0.4 is 0 Å². The second-order valence-corrected chi connectivity index (χ2v) is 5.89. The van der Waals surface area contributed by atoms with E-state index in [1.165, 1.54) is 0 Å². The lowest BCUT2D eigenvalue weighted by atomic mass is 9.85. The predicted octanol–water partition coefficient (Wildman–Crippen LogP) is 1.23. The molecule has 1 heterocycles. The normalized spacial score (nSPS) is 15.7. The number of ether oxygens (including phenoxy) is 1. The lowest BCUT2D eigenvalue weighted by Gasteiger charge is -2.32. The summed E-state index contributed by atoms with van der Waals surface area (Å²) >= 11 is 0. The first-order valence-corrected chi connectivity index (χ1v) is 7.09. The zero-order valence-electron chi connectivity index (χ0n) is 12.8. The predicted molar refractivity (Wildman–Crippen MR) is 78.2 cm³/mol. The van der Waals surface area contributed by atoms with Crippen molar-refractivity contribution in [3.63, 3.8) is 0 Å². The van der Waals surface area contributed by atoms with Gasteiger partial charge in [0, 0.05) is 12.0 Å². The van der Waals surface area contributed by atoms with Crippen LogP contribution in [0.15, 0.2) is 24.3 Å². The lowest BCUT2D eigenvalue weighted by Crippen LogP contribution is -2.47. The quantitative estimate of drug-likeness (QED) is 0.653. The Hall–Kier alpha value is -2.21. The first-order valence-electron chi connectivity index (χ1n) is 7.09. The van der Waals surface area contributed by atoms with Crippen LogP contribution in [0.4, 0.5) is 0 Å². The van der Waals surface area contributed by atoms with Gasteiger partial charge in [0.05, 0.1) is 17.7 Å². The molecule has 6 heteroatoms. The standard InChI is InChI=1S/C16H19NO5/c1-4-22-15(21)12(18)16(2,3)9-17-13(19)10-7-5-6-8-11(10)14(17)20/h5-8,12,18H,4,9H2,1-3H3/t12-/m1/s1. The maximum Gasteiger partial charge on any atom is 0.335 e. The molecule has 0 fully saturated rings. The number of hydrogen-bond acceptors (Lipinski definition) is 5. The molecule has 2 rings (SSSR count). The summed E-state index contributed by atoms with van der Waals surface area (Å²) in [6.07, 6.45) is -1.42. The lowest BCUT2D eigenvalue weighted by molar-refractivity contribution is -0.160. The fraction of sp³-hybridized carbons (Fsp3) is 0.438. The van der Waals surface area contributed by atoms with E-state index in [1.54, 1.807) is 45.0 Å². The second-order valence-electron chi connectivity index (χ2n) is 5.89. The number of aliphatic hydroxyl groups excluding tert-OH is 1. The van der Waals surface area contributed by atoms with Gasteiger partial charge in [0.1, 0.15) is 0 Å². The summed E-state index contributed by atoms with van der Waals surface area (Å²) in [7, 11) is 0. The van der Waals surface area contributed by atoms with Gasteiger partial charge in [0.2, 0.25) is 0 Å². The molecule has 0 aromatic heterocycles. The molecule has 1 aromatic rings. The Morgan fingerprint density at radius 1 is 1.23 bits per heavy atom. The molecule has 1 aliphatic heterocycles. The van der Waals surface area contributed by atoms with Crippen LogP contribution in [0.1, 0.15) is 41.5 Å². The summed E-state index contributed by atoms with van der Waals surface area (Å²) in [4.78, 5) is 37.4. The molecule has 0 saturated carbocycles. The number of aliphatic hydroxyl groups is 1. The van der Waals surface area contributed by atoms with Crippen molar-refractivity contribution in [2.75, 3.05) is 13.2 Å². The monoisotopic (exact) mass is 305 g/mol. The number of fused-ring (bicyclic) bond motifs is 1. The van der Waals surface area contributed by atoms with Gasteiger partial charge in [-0.15, -0.1) is 0 Å². The first kappa shape index (κ1) is 16.2. The molecule has 1 aliphatic rings. The number of benzene rings is 1. The molecule has 1 N–H and O–H groups in total. The summed E-state index contributed by atoms with van der Waals surface area (Å²) in [6, 6.07) is 6.55. The molecule has 2 amide bonds. The van der Waals surface area contributed by atoms with E-state index >= 15 is 0 Å². The highest BCUT2D eigenvalue weighted by molar-refractivity contribution is 6.21. The highest BCUT2D eigenvalue weighted by Crippen LogP contribution is 2.29. The van der Waals surface area contributed by atoms with E-state index in [4.69, 9.17) is 4.74 Å². The van der Waals surface area contributed by atoms with E-state index in [0.29, 0.717) is 11.1 Å². The van der Waals surface area contributed by atoms with Crippen molar-refractivity contribution in [1.82, 2.24) is 4.90 Å². The van der Waals surface area contributed by atoms with E-state index in [-0.39, 0.29) is 13.2 Å². The van der Waals surface area contributed by atoms with E-state index in [0.717, 1.165) is 4.90 Å². The maximum atomic E-state index is 12.3. The Morgan fingerprint density at radius 3 is 2.18 bits per heavy atom. The zero-order valence-corrected chi connectivity index (χ0v) is 12.8. The highest BCUT2D eigenvalue weighted by Gasteiger charge is 2.43. The molecular weight excluding hydrogens is 286 g/mol. The Balaban J connectivity index is 2.19. The fourth-order valence-corrected chi connectivity index (χ4v) is 2.42. The Morgan fingerprint density at radius 2 is 1.73 bits per heavy atom. The van der Waals surface area contributed by atoms with Crippen molar-refractivity contribution in [2.24, 2.45) is 5.41 Å². The summed E-state index contributed by atoms with van der Waals surface area (Å²) in [5.74, 6) is -1.58. The summed E-state index contributed by atoms with van der Waals surface area (Å²) < 4.78 is 4.79. The van der Waals surface area contributed by atoms with Crippen LogP contribution in [0.25, 0.3) is 0 Å². The number of hydrogen-bond donors (Lipinski definition) is 1. The minimum atomic E-state index is -1.42. The van der Waals surface area contributed by atoms with Gasteiger partial charge in [-0.2, -0.15) is 0 Å². The molecule has 0 radical (unpaired) electrons. The average Bonchev–Trinajstić information content (AvgIpc) is 2.72. The molecule has 0 saturated heterocycles. The molecule has 22 heavy (non-hydrogen) atoms. The Labute approximate surface area is 128 Å². The number of rotatable bonds is 5. The van der Waals surface area contributed by atoms with Crippen LogP contribution in [0.2, 0.25) is 0 Å². The van der Waals surface area contributed by atoms with Crippen LogP contribution in [-0.4, -0.2) is 47.0 Å². The number of nitrogens with zero attached hydrogens (tertiary/aromatic N) is 1. The van der Waals surface area contributed by atoms with Gasteiger partial charge in [-0.1, -0.05) is 26.0 Å². The third kappa shape index (κ3) is 2.74. The number of imide groups is 1. The van der Waals surface area contributed by atoms with Gasteiger partial charge in [0.15, 0.2) is 6.10 Å². The minimum absolute atomic E-state index is 0.0701. The maximum absolute atomic E-state index is 12.3. The number of amides is 2. The summed E-state index contributed by atoms with van der Waals surface area (Å²) in [5, 5.41) is 10.1. The topological polar surface area (TPSA) is 83.9 Å². The molecule has 0 unspecified atom stereocenters. The van der Waals surface area contributed by atoms with Crippen molar-refractivity contribution in [3.05, 3.63) is 35.4 Å². The molecule has 0 aliphatic carbocycles. The van der Waals surface area contributed by atoms with Gasteiger partial charge in [-0.3, -0.25) is 14.5 Å². The largest absolute Gasteiger partial charge is 0.464 e. The molecule has 1 atom stereocenters. The Bertz CT molecular complexity index is 588. The van der Waals surface area contributed by atoms with E-state index < -0.39 is 29.3 Å². The minimum Gasteiger partial charge on any atom is -0.464 e. The van der Waals surface area contributed by atoms with Crippen LogP contribution in [0.3, 0.4) is 0 Å². The molecular formula is C16H19NO5. The van der Waals surface area contributed by atoms with E-state index in [9.17, 15) is 19.5 Å².